The fraction of sp³-hybridized carbons (Fsp3) is 0.0938. The molecule has 0 aliphatic rings. The van der Waals surface area contributed by atoms with Gasteiger partial charge < -0.3 is 21.3 Å². The molecule has 2 amide bonds. The summed E-state index contributed by atoms with van der Waals surface area (Å²) in [6, 6.07) is 21.5. The van der Waals surface area contributed by atoms with Crippen LogP contribution in [-0.4, -0.2) is 44.3 Å². The zero-order valence-corrected chi connectivity index (χ0v) is 25.7. The summed E-state index contributed by atoms with van der Waals surface area (Å²) in [6.45, 7) is 0.182. The van der Waals surface area contributed by atoms with Crippen LogP contribution in [0.4, 0.5) is 0 Å². The number of thiophene rings is 1. The van der Waals surface area contributed by atoms with E-state index in [4.69, 9.17) is 34.0 Å². The number of hydrogen-bond acceptors (Lipinski definition) is 7. The first-order valence-corrected chi connectivity index (χ1v) is 14.9. The van der Waals surface area contributed by atoms with Crippen LogP contribution in [0.15, 0.2) is 84.2 Å². The number of nitrogens with two attached hydrogens (primary N) is 1. The molecule has 3 aromatic carbocycles. The van der Waals surface area contributed by atoms with Gasteiger partial charge in [0.15, 0.2) is 5.78 Å². The van der Waals surface area contributed by atoms with E-state index in [9.17, 15) is 29.1 Å². The van der Waals surface area contributed by atoms with Crippen LogP contribution in [0.1, 0.15) is 59.3 Å². The minimum absolute atomic E-state index is 0.000819. The molecule has 0 saturated heterocycles. The summed E-state index contributed by atoms with van der Waals surface area (Å²) in [4.78, 5) is 59.4. The van der Waals surface area contributed by atoms with Crippen LogP contribution in [0, 0.1) is 0 Å². The number of carboxylic acid groups (broad SMARTS) is 1. The van der Waals surface area contributed by atoms with Gasteiger partial charge in [0.1, 0.15) is 11.4 Å². The Morgan fingerprint density at radius 2 is 1.58 bits per heavy atom. The molecule has 13 heteroatoms. The van der Waals surface area contributed by atoms with E-state index in [1.54, 1.807) is 36.4 Å². The molecule has 0 aliphatic carbocycles. The largest absolute Gasteiger partial charge is 0.508 e. The van der Waals surface area contributed by atoms with Gasteiger partial charge in [0.25, 0.3) is 17.7 Å². The van der Waals surface area contributed by atoms with Gasteiger partial charge in [-0.25, -0.2) is 0 Å². The van der Waals surface area contributed by atoms with E-state index in [-0.39, 0.29) is 57.9 Å². The number of phenolic OH excluding ortho intramolecular Hbond substituents is 1. The van der Waals surface area contributed by atoms with Crippen molar-refractivity contribution in [3.8, 4) is 5.75 Å². The molecule has 230 valence electrons. The van der Waals surface area contributed by atoms with Crippen molar-refractivity contribution in [1.82, 2.24) is 9.88 Å². The van der Waals surface area contributed by atoms with E-state index in [1.807, 2.05) is 23.6 Å². The lowest BCUT2D eigenvalue weighted by Crippen LogP contribution is -2.23. The Hall–Kier alpha value is -4.97. The number of nitrogens with zero attached hydrogens (tertiary/aromatic N) is 1. The summed E-state index contributed by atoms with van der Waals surface area (Å²) in [5, 5.41) is 23.3. The molecular formula is C32H25Cl2N3O7S. The molecule has 0 unspecified atom stereocenters. The van der Waals surface area contributed by atoms with Crippen molar-refractivity contribution in [2.45, 2.75) is 19.4 Å². The summed E-state index contributed by atoms with van der Waals surface area (Å²) in [5.74, 6) is -2.82. The number of Topliss-reactive ketones (excluding diaryl/α,β-unsaturated/α-hetero) is 1. The number of primary amides is 1. The molecular weight excluding hydrogens is 641 g/mol. The SMILES string of the molecule is NC(=O)c1cc2ccccc2n1C(=O)c1cccs1.O=C(O)CCC(=O)c1c(Cl)cc(C(=O)NCc2cccc(O)c2)cc1Cl. The number of carboxylic acids is 1. The average Bonchev–Trinajstić information content (AvgIpc) is 3.67. The monoisotopic (exact) mass is 665 g/mol. The minimum Gasteiger partial charge on any atom is -0.508 e. The first-order valence-electron chi connectivity index (χ1n) is 13.2. The predicted molar refractivity (Wildman–Crippen MR) is 171 cm³/mol. The van der Waals surface area contributed by atoms with Crippen molar-refractivity contribution in [3.63, 3.8) is 0 Å². The van der Waals surface area contributed by atoms with Gasteiger partial charge in [-0.05, 0) is 53.4 Å². The maximum absolute atomic E-state index is 12.5. The van der Waals surface area contributed by atoms with Crippen LogP contribution in [0.3, 0.4) is 0 Å². The van der Waals surface area contributed by atoms with E-state index >= 15 is 0 Å². The van der Waals surface area contributed by atoms with E-state index < -0.39 is 23.6 Å². The van der Waals surface area contributed by atoms with Crippen molar-refractivity contribution in [2.75, 3.05) is 0 Å². The third kappa shape index (κ3) is 8.15. The second-order valence-corrected chi connectivity index (χ2v) is 11.3. The summed E-state index contributed by atoms with van der Waals surface area (Å²) in [7, 11) is 0. The van der Waals surface area contributed by atoms with E-state index in [1.165, 1.54) is 40.2 Å². The Morgan fingerprint density at radius 3 is 2.20 bits per heavy atom. The number of hydrogen-bond donors (Lipinski definition) is 4. The van der Waals surface area contributed by atoms with E-state index in [0.29, 0.717) is 16.0 Å². The number of benzene rings is 3. The van der Waals surface area contributed by atoms with Crippen molar-refractivity contribution in [3.05, 3.63) is 122 Å². The van der Waals surface area contributed by atoms with Crippen LogP contribution in [0.25, 0.3) is 10.9 Å². The van der Waals surface area contributed by atoms with Gasteiger partial charge in [0.2, 0.25) is 0 Å². The van der Waals surface area contributed by atoms with Crippen LogP contribution in [-0.2, 0) is 11.3 Å². The maximum Gasteiger partial charge on any atom is 0.303 e. The van der Waals surface area contributed by atoms with Gasteiger partial charge in [-0.1, -0.05) is 59.6 Å². The predicted octanol–water partition coefficient (Wildman–Crippen LogP) is 6.17. The molecule has 0 atom stereocenters. The number of nitrogens with one attached hydrogen (secondary N) is 1. The normalized spacial score (nSPS) is 10.5. The highest BCUT2D eigenvalue weighted by Crippen LogP contribution is 2.28. The smallest absolute Gasteiger partial charge is 0.303 e. The summed E-state index contributed by atoms with van der Waals surface area (Å²) in [5.41, 5.74) is 7.12. The second kappa shape index (κ2) is 14.7. The Morgan fingerprint density at radius 1 is 0.867 bits per heavy atom. The fourth-order valence-electron chi connectivity index (χ4n) is 4.33. The first kappa shape index (κ1) is 32.9. The van der Waals surface area contributed by atoms with Crippen molar-refractivity contribution >= 4 is 74.9 Å². The van der Waals surface area contributed by atoms with E-state index in [2.05, 4.69) is 5.32 Å². The second-order valence-electron chi connectivity index (χ2n) is 9.55. The van der Waals surface area contributed by atoms with Crippen molar-refractivity contribution < 1.29 is 34.2 Å². The highest BCUT2D eigenvalue weighted by molar-refractivity contribution is 7.12. The van der Waals surface area contributed by atoms with Gasteiger partial charge in [-0.3, -0.25) is 28.5 Å². The molecule has 0 spiro atoms. The molecule has 0 radical (unpaired) electrons. The van der Waals surface area contributed by atoms with Gasteiger partial charge >= 0.3 is 5.97 Å². The van der Waals surface area contributed by atoms with Gasteiger partial charge in [0, 0.05) is 23.9 Å². The van der Waals surface area contributed by atoms with Gasteiger partial charge in [-0.2, -0.15) is 0 Å². The van der Waals surface area contributed by atoms with Crippen LogP contribution >= 0.6 is 34.5 Å². The topological polar surface area (TPSA) is 169 Å². The molecule has 5 aromatic rings. The fourth-order valence-corrected chi connectivity index (χ4v) is 5.68. The number of rotatable bonds is 9. The number of carbonyl (C=O) groups is 5. The number of halogens is 2. The lowest BCUT2D eigenvalue weighted by atomic mass is 10.0. The number of phenols is 1. The zero-order chi connectivity index (χ0) is 32.7. The lowest BCUT2D eigenvalue weighted by Gasteiger charge is -2.10. The minimum atomic E-state index is -1.10. The summed E-state index contributed by atoms with van der Waals surface area (Å²) in [6.07, 6.45) is -0.574. The molecule has 0 fully saturated rings. The first-order chi connectivity index (χ1) is 21.5. The highest BCUT2D eigenvalue weighted by atomic mass is 35.5. The number of aliphatic carboxylic acids is 1. The quantitative estimate of drug-likeness (QED) is 0.137. The Balaban J connectivity index is 0.000000214. The third-order valence-electron chi connectivity index (χ3n) is 6.41. The molecule has 10 nitrogen and oxygen atoms in total. The van der Waals surface area contributed by atoms with Crippen molar-refractivity contribution in [2.24, 2.45) is 5.73 Å². The lowest BCUT2D eigenvalue weighted by molar-refractivity contribution is -0.136. The van der Waals surface area contributed by atoms with E-state index in [0.717, 1.165) is 5.39 Å². The highest BCUT2D eigenvalue weighted by Gasteiger charge is 2.21. The van der Waals surface area contributed by atoms with Crippen molar-refractivity contribution in [1.29, 1.82) is 0 Å². The third-order valence-corrected chi connectivity index (χ3v) is 7.87. The molecule has 0 aliphatic heterocycles. The van der Waals surface area contributed by atoms with Crippen LogP contribution < -0.4 is 11.1 Å². The zero-order valence-electron chi connectivity index (χ0n) is 23.3. The Labute approximate surface area is 270 Å². The molecule has 45 heavy (non-hydrogen) atoms. The Kier molecular flexibility index (Phi) is 10.7. The molecule has 0 bridgehead atoms. The summed E-state index contributed by atoms with van der Waals surface area (Å²) < 4.78 is 1.38. The molecule has 2 heterocycles. The van der Waals surface area contributed by atoms with Crippen LogP contribution in [0.2, 0.25) is 10.0 Å². The number of amides is 2. The van der Waals surface area contributed by atoms with Crippen LogP contribution in [0.5, 0.6) is 5.75 Å². The number of para-hydroxylation sites is 1. The molecule has 5 N–H and O–H groups in total. The molecule has 2 aromatic heterocycles. The maximum atomic E-state index is 12.5. The number of fused-ring (bicyclic) bond motifs is 1. The number of aromatic hydroxyl groups is 1. The van der Waals surface area contributed by atoms with Gasteiger partial charge in [0.05, 0.1) is 32.4 Å². The molecule has 5 rings (SSSR count). The standard InChI is InChI=1S/C18H15Cl2NO5.C14H10N2O2S/c19-13-7-11(8-14(20)17(13)15(23)4-5-16(24)25)18(26)21-9-10-2-1-3-12(22)6-10;15-13(17)11-8-9-4-1-2-5-10(9)16(11)14(18)12-6-3-7-19-12/h1-3,6-8,22H,4-5,9H2,(H,21,26)(H,24,25);1-8H,(H2,15,17). The molecule has 0 saturated carbocycles. The van der Waals surface area contributed by atoms with Gasteiger partial charge in [-0.15, -0.1) is 11.3 Å². The number of ketones is 1. The Bertz CT molecular complexity index is 1900. The number of carbonyl (C=O) groups excluding carboxylic acids is 4. The average molecular weight is 667 g/mol. The number of aromatic nitrogens is 1. The summed E-state index contributed by atoms with van der Waals surface area (Å²) >= 11 is 13.5.